The first-order chi connectivity index (χ1) is 8.42. The van der Waals surface area contributed by atoms with Gasteiger partial charge in [0.25, 0.3) is 0 Å². The number of amides is 2. The molecule has 0 unspecified atom stereocenters. The van der Waals surface area contributed by atoms with E-state index in [1.807, 2.05) is 0 Å². The molecule has 1 aromatic rings. The third-order valence-electron chi connectivity index (χ3n) is 2.01. The molecule has 0 atom stereocenters. The molecule has 5 nitrogen and oxygen atoms in total. The summed E-state index contributed by atoms with van der Waals surface area (Å²) in [4.78, 5) is 12.7. The van der Waals surface area contributed by atoms with E-state index in [0.717, 1.165) is 18.2 Å². The van der Waals surface area contributed by atoms with Crippen LogP contribution in [0.2, 0.25) is 0 Å². The third kappa shape index (κ3) is 4.17. The Morgan fingerprint density at radius 1 is 1.44 bits per heavy atom. The molecule has 18 heavy (non-hydrogen) atoms. The van der Waals surface area contributed by atoms with Crippen molar-refractivity contribution < 1.29 is 13.6 Å². The molecule has 0 aliphatic carbocycles. The van der Waals surface area contributed by atoms with Crippen LogP contribution in [0, 0.1) is 11.6 Å². The van der Waals surface area contributed by atoms with Crippen LogP contribution in [-0.4, -0.2) is 23.9 Å². The summed E-state index contributed by atoms with van der Waals surface area (Å²) in [5, 5.41) is 2.17. The number of nitrogens with one attached hydrogen (secondary N) is 1. The van der Waals surface area contributed by atoms with Gasteiger partial charge in [-0.2, -0.15) is 0 Å². The quantitative estimate of drug-likeness (QED) is 0.636. The highest BCUT2D eigenvalue weighted by Crippen LogP contribution is 2.09. The Labute approximate surface area is 107 Å². The highest BCUT2D eigenvalue weighted by Gasteiger charge is 2.11. The summed E-state index contributed by atoms with van der Waals surface area (Å²) >= 11 is 5.03. The number of urea groups is 1. The molecule has 0 spiro atoms. The molecule has 0 radical (unpaired) electrons. The Morgan fingerprint density at radius 2 is 2.00 bits per heavy atom. The van der Waals surface area contributed by atoms with Gasteiger partial charge >= 0.3 is 6.03 Å². The molecule has 0 aromatic heterocycles. The molecule has 0 aliphatic heterocycles. The van der Waals surface area contributed by atoms with Gasteiger partial charge in [0.1, 0.15) is 11.6 Å². The summed E-state index contributed by atoms with van der Waals surface area (Å²) in [6.45, 7) is 0.01000. The Bertz CT molecular complexity index is 461. The zero-order valence-electron chi connectivity index (χ0n) is 9.45. The second kappa shape index (κ2) is 6.15. The van der Waals surface area contributed by atoms with Crippen LogP contribution in [0.25, 0.3) is 0 Å². The highest BCUT2D eigenvalue weighted by atomic mass is 35.5. The molecule has 1 aromatic carbocycles. The van der Waals surface area contributed by atoms with Gasteiger partial charge in [-0.05, 0) is 17.7 Å². The molecule has 3 N–H and O–H groups in total. The van der Waals surface area contributed by atoms with Crippen LogP contribution >= 0.6 is 11.8 Å². The number of guanidine groups is 1. The van der Waals surface area contributed by atoms with Gasteiger partial charge in [0.05, 0.1) is 0 Å². The molecule has 0 bridgehead atoms. The van der Waals surface area contributed by atoms with Crippen LogP contribution in [0.1, 0.15) is 5.56 Å². The van der Waals surface area contributed by atoms with Crippen LogP contribution in [0.4, 0.5) is 13.6 Å². The van der Waals surface area contributed by atoms with Crippen molar-refractivity contribution in [3.8, 4) is 0 Å². The number of carbonyl (C=O) groups is 1. The number of nitrogens with two attached hydrogens (primary N) is 1. The minimum Gasteiger partial charge on any atom is -0.368 e. The smallest absolute Gasteiger partial charge is 0.324 e. The normalized spacial score (nSPS) is 11.2. The van der Waals surface area contributed by atoms with Gasteiger partial charge in [0.2, 0.25) is 5.96 Å². The number of halogens is 3. The maximum atomic E-state index is 12.9. The molecule has 2 amide bonds. The van der Waals surface area contributed by atoms with E-state index in [0.29, 0.717) is 5.56 Å². The van der Waals surface area contributed by atoms with E-state index in [-0.39, 0.29) is 12.5 Å². The minimum atomic E-state index is -0.708. The first-order valence-corrected chi connectivity index (χ1v) is 5.17. The first-order valence-electron chi connectivity index (χ1n) is 4.84. The first kappa shape index (κ1) is 14.2. The molecule has 1 rings (SSSR count). The zero-order valence-corrected chi connectivity index (χ0v) is 10.2. The molecule has 0 fully saturated rings. The topological polar surface area (TPSA) is 70.7 Å². The molecule has 0 heterocycles. The fourth-order valence-electron chi connectivity index (χ4n) is 1.27. The number of hydrogen-bond donors (Lipinski definition) is 2. The third-order valence-corrected chi connectivity index (χ3v) is 2.20. The van der Waals surface area contributed by atoms with Gasteiger partial charge in [-0.15, -0.1) is 4.51 Å². The number of benzene rings is 1. The van der Waals surface area contributed by atoms with E-state index in [4.69, 9.17) is 17.5 Å². The molecular formula is C10H11ClF2N4O. The number of nitrogens with zero attached hydrogens (tertiary/aromatic N) is 2. The molecule has 0 saturated carbocycles. The molecule has 0 aliphatic rings. The average molecular weight is 277 g/mol. The number of hydrogen-bond acceptors (Lipinski definition) is 2. The van der Waals surface area contributed by atoms with Crippen molar-refractivity contribution in [3.05, 3.63) is 35.4 Å². The minimum absolute atomic E-state index is 0.01000. The van der Waals surface area contributed by atoms with Gasteiger partial charge in [-0.25, -0.2) is 13.6 Å². The van der Waals surface area contributed by atoms with Crippen molar-refractivity contribution in [1.29, 1.82) is 0 Å². The van der Waals surface area contributed by atoms with Crippen LogP contribution in [-0.2, 0) is 6.54 Å². The summed E-state index contributed by atoms with van der Waals surface area (Å²) in [5.74, 6) is -1.68. The lowest BCUT2D eigenvalue weighted by Crippen LogP contribution is -2.43. The van der Waals surface area contributed by atoms with E-state index in [1.54, 1.807) is 0 Å². The van der Waals surface area contributed by atoms with E-state index in [1.165, 1.54) is 11.9 Å². The summed E-state index contributed by atoms with van der Waals surface area (Å²) in [6, 6.07) is 2.42. The average Bonchev–Trinajstić information content (AvgIpc) is 2.27. The Kier molecular flexibility index (Phi) is 4.85. The summed E-state index contributed by atoms with van der Waals surface area (Å²) < 4.78 is 28.9. The van der Waals surface area contributed by atoms with E-state index < -0.39 is 17.7 Å². The standard InChI is InChI=1S/C10H11ClF2N4O/c1-17(10(18)15-9(14)16-11)5-6-2-7(12)4-8(13)3-6/h2-4H,5H2,1H3,(H3,14,15,16,18). The van der Waals surface area contributed by atoms with Crippen LogP contribution in [0.15, 0.2) is 22.7 Å². The fourth-order valence-corrected chi connectivity index (χ4v) is 1.32. The lowest BCUT2D eigenvalue weighted by molar-refractivity contribution is 0.212. The predicted molar refractivity (Wildman–Crippen MR) is 63.8 cm³/mol. The van der Waals surface area contributed by atoms with Crippen molar-refractivity contribution in [1.82, 2.24) is 10.2 Å². The van der Waals surface area contributed by atoms with Crippen LogP contribution in [0.3, 0.4) is 0 Å². The van der Waals surface area contributed by atoms with E-state index in [9.17, 15) is 13.6 Å². The lowest BCUT2D eigenvalue weighted by Gasteiger charge is -2.17. The maximum absolute atomic E-state index is 12.9. The highest BCUT2D eigenvalue weighted by molar-refractivity contribution is 6.20. The Balaban J connectivity index is 2.69. The van der Waals surface area contributed by atoms with Gasteiger partial charge < -0.3 is 10.6 Å². The summed E-state index contributed by atoms with van der Waals surface area (Å²) in [6.07, 6.45) is 0. The monoisotopic (exact) mass is 276 g/mol. The second-order valence-corrected chi connectivity index (χ2v) is 3.70. The fraction of sp³-hybridized carbons (Fsp3) is 0.200. The number of rotatable bonds is 2. The van der Waals surface area contributed by atoms with E-state index >= 15 is 0 Å². The van der Waals surface area contributed by atoms with Gasteiger partial charge in [0, 0.05) is 31.4 Å². The van der Waals surface area contributed by atoms with Gasteiger partial charge in [-0.3, -0.25) is 5.32 Å². The lowest BCUT2D eigenvalue weighted by atomic mass is 10.2. The Morgan fingerprint density at radius 3 is 2.50 bits per heavy atom. The van der Waals surface area contributed by atoms with Gasteiger partial charge in [0.15, 0.2) is 0 Å². The second-order valence-electron chi connectivity index (χ2n) is 3.53. The van der Waals surface area contributed by atoms with Crippen LogP contribution in [0.5, 0.6) is 0 Å². The van der Waals surface area contributed by atoms with Gasteiger partial charge in [-0.1, -0.05) is 0 Å². The van der Waals surface area contributed by atoms with Crippen molar-refractivity contribution in [2.75, 3.05) is 7.05 Å². The summed E-state index contributed by atoms with van der Waals surface area (Å²) in [5.41, 5.74) is 5.50. The number of carbonyl (C=O) groups excluding carboxylic acids is 1. The Hall–Kier alpha value is -1.89. The molecule has 8 heteroatoms. The SMILES string of the molecule is CN(Cc1cc(F)cc(F)c1)C(=O)NC(N)=NCl. The van der Waals surface area contributed by atoms with Crippen molar-refractivity contribution >= 4 is 23.8 Å². The maximum Gasteiger partial charge on any atom is 0.324 e. The molecular weight excluding hydrogens is 266 g/mol. The van der Waals surface area contributed by atoms with Crippen molar-refractivity contribution in [2.24, 2.45) is 10.2 Å². The largest absolute Gasteiger partial charge is 0.368 e. The molecule has 98 valence electrons. The van der Waals surface area contributed by atoms with E-state index in [2.05, 4.69) is 9.83 Å². The molecule has 0 saturated heterocycles. The predicted octanol–water partition coefficient (Wildman–Crippen LogP) is 1.57. The van der Waals surface area contributed by atoms with Crippen molar-refractivity contribution in [2.45, 2.75) is 6.54 Å². The van der Waals surface area contributed by atoms with Crippen LogP contribution < -0.4 is 11.1 Å². The summed E-state index contributed by atoms with van der Waals surface area (Å²) in [7, 11) is 1.43. The van der Waals surface area contributed by atoms with Crippen molar-refractivity contribution in [3.63, 3.8) is 0 Å². The zero-order chi connectivity index (χ0) is 13.7.